The second-order valence-electron chi connectivity index (χ2n) is 2.34. The zero-order chi connectivity index (χ0) is 8.27. The van der Waals surface area contributed by atoms with E-state index in [4.69, 9.17) is 19.7 Å². The Bertz CT molecular complexity index is 145. The lowest BCUT2D eigenvalue weighted by Crippen LogP contribution is -2.38. The molecule has 2 N–H and O–H groups in total. The average molecular weight is 160 g/mol. The lowest BCUT2D eigenvalue weighted by Gasteiger charge is -2.27. The van der Waals surface area contributed by atoms with Crippen LogP contribution in [-0.2, 0) is 9.47 Å². The fourth-order valence-electron chi connectivity index (χ4n) is 0.912. The van der Waals surface area contributed by atoms with Gasteiger partial charge in [0.15, 0.2) is 6.29 Å². The molecule has 0 aromatic heterocycles. The van der Waals surface area contributed by atoms with Gasteiger partial charge in [-0.25, -0.2) is 0 Å². The maximum Gasteiger partial charge on any atom is 0.177 e. The third kappa shape index (κ3) is 2.00. The summed E-state index contributed by atoms with van der Waals surface area (Å²) >= 11 is 0. The lowest BCUT2D eigenvalue weighted by molar-refractivity contribution is -0.168. The highest BCUT2D eigenvalue weighted by atomic mass is 16.7. The topological polar surface area (TPSA) is 58.9 Å². The molecule has 3 atom stereocenters. The summed E-state index contributed by atoms with van der Waals surface area (Å²) < 4.78 is 9.93. The Hall–Kier alpha value is -0.420. The van der Waals surface area contributed by atoms with Crippen molar-refractivity contribution in [3.8, 4) is 0 Å². The third-order valence-corrected chi connectivity index (χ3v) is 1.57. The molecule has 0 aromatic carbocycles. The van der Waals surface area contributed by atoms with Crippen LogP contribution in [0.2, 0.25) is 0 Å². The number of ether oxygens (including phenoxy) is 2. The first kappa shape index (κ1) is 8.67. The van der Waals surface area contributed by atoms with Crippen LogP contribution < -0.4 is 0 Å². The number of aliphatic hydroxyl groups is 2. The zero-order valence-corrected chi connectivity index (χ0v) is 6.30. The van der Waals surface area contributed by atoms with Crippen molar-refractivity contribution in [1.82, 2.24) is 0 Å². The van der Waals surface area contributed by atoms with Gasteiger partial charge in [-0.05, 0) is 6.08 Å². The van der Waals surface area contributed by atoms with E-state index in [1.54, 1.807) is 12.2 Å². The SMILES string of the molecule is CO[C@H]1C=C[C@H](O)[C@@H](CO)O1. The van der Waals surface area contributed by atoms with Gasteiger partial charge in [0, 0.05) is 7.11 Å². The summed E-state index contributed by atoms with van der Waals surface area (Å²) in [4.78, 5) is 0. The van der Waals surface area contributed by atoms with E-state index in [0.717, 1.165) is 0 Å². The van der Waals surface area contributed by atoms with Gasteiger partial charge in [-0.3, -0.25) is 0 Å². The highest BCUT2D eigenvalue weighted by Crippen LogP contribution is 2.12. The predicted octanol–water partition coefficient (Wildman–Crippen LogP) is -0.733. The monoisotopic (exact) mass is 160 g/mol. The Labute approximate surface area is 65.0 Å². The van der Waals surface area contributed by atoms with Gasteiger partial charge in [0.05, 0.1) is 6.61 Å². The van der Waals surface area contributed by atoms with Crippen LogP contribution in [0.1, 0.15) is 0 Å². The minimum Gasteiger partial charge on any atom is -0.394 e. The standard InChI is InChI=1S/C7H12O4/c1-10-7-3-2-5(9)6(4-8)11-7/h2-3,5-9H,4H2,1H3/t5-,6+,7+/m0/s1. The first-order valence-corrected chi connectivity index (χ1v) is 3.43. The second-order valence-corrected chi connectivity index (χ2v) is 2.34. The maximum atomic E-state index is 9.15. The van der Waals surface area contributed by atoms with Gasteiger partial charge in [0.25, 0.3) is 0 Å². The van der Waals surface area contributed by atoms with E-state index in [1.807, 2.05) is 0 Å². The summed E-state index contributed by atoms with van der Waals surface area (Å²) in [7, 11) is 1.50. The van der Waals surface area contributed by atoms with Gasteiger partial charge in [-0.15, -0.1) is 0 Å². The fourth-order valence-corrected chi connectivity index (χ4v) is 0.912. The molecule has 0 aliphatic carbocycles. The van der Waals surface area contributed by atoms with Crippen molar-refractivity contribution in [3.63, 3.8) is 0 Å². The Morgan fingerprint density at radius 1 is 1.55 bits per heavy atom. The van der Waals surface area contributed by atoms with Gasteiger partial charge in [-0.1, -0.05) is 6.08 Å². The van der Waals surface area contributed by atoms with Gasteiger partial charge in [-0.2, -0.15) is 0 Å². The molecular formula is C7H12O4. The minimum absolute atomic E-state index is 0.203. The van der Waals surface area contributed by atoms with E-state index in [9.17, 15) is 0 Å². The average Bonchev–Trinajstić information content (AvgIpc) is 2.05. The van der Waals surface area contributed by atoms with E-state index in [1.165, 1.54) is 7.11 Å². The van der Waals surface area contributed by atoms with E-state index in [-0.39, 0.29) is 6.61 Å². The summed E-state index contributed by atoms with van der Waals surface area (Å²) in [5, 5.41) is 17.9. The number of methoxy groups -OCH3 is 1. The van der Waals surface area contributed by atoms with Crippen molar-refractivity contribution in [1.29, 1.82) is 0 Å². The molecule has 1 aliphatic heterocycles. The molecule has 0 spiro atoms. The van der Waals surface area contributed by atoms with E-state index in [0.29, 0.717) is 0 Å². The molecule has 0 saturated carbocycles. The Balaban J connectivity index is 2.52. The summed E-state index contributed by atoms with van der Waals surface area (Å²) in [6.45, 7) is -0.203. The molecule has 64 valence electrons. The Kier molecular flexibility index (Phi) is 3.02. The summed E-state index contributed by atoms with van der Waals surface area (Å²) in [5.74, 6) is 0. The minimum atomic E-state index is -0.730. The normalized spacial score (nSPS) is 37.5. The molecule has 0 bridgehead atoms. The predicted molar refractivity (Wildman–Crippen MR) is 37.9 cm³/mol. The molecule has 0 aromatic rings. The van der Waals surface area contributed by atoms with Crippen molar-refractivity contribution < 1.29 is 19.7 Å². The van der Waals surface area contributed by atoms with Crippen LogP contribution in [0.4, 0.5) is 0 Å². The van der Waals surface area contributed by atoms with E-state index in [2.05, 4.69) is 0 Å². The van der Waals surface area contributed by atoms with Crippen molar-refractivity contribution in [2.45, 2.75) is 18.5 Å². The van der Waals surface area contributed by atoms with E-state index >= 15 is 0 Å². The highest BCUT2D eigenvalue weighted by Gasteiger charge is 2.24. The molecule has 4 heteroatoms. The second kappa shape index (κ2) is 3.82. The van der Waals surface area contributed by atoms with Gasteiger partial charge < -0.3 is 19.7 Å². The molecule has 1 aliphatic rings. The molecule has 0 saturated heterocycles. The van der Waals surface area contributed by atoms with Crippen LogP contribution in [0, 0.1) is 0 Å². The number of rotatable bonds is 2. The highest BCUT2D eigenvalue weighted by molar-refractivity contribution is 4.99. The Morgan fingerprint density at radius 2 is 2.27 bits per heavy atom. The third-order valence-electron chi connectivity index (χ3n) is 1.57. The summed E-state index contributed by atoms with van der Waals surface area (Å²) in [6.07, 6.45) is 1.42. The molecule has 11 heavy (non-hydrogen) atoms. The van der Waals surface area contributed by atoms with Crippen LogP contribution in [-0.4, -0.2) is 42.4 Å². The quantitative estimate of drug-likeness (QED) is 0.523. The molecule has 0 unspecified atom stereocenters. The van der Waals surface area contributed by atoms with Crippen LogP contribution >= 0.6 is 0 Å². The molecule has 1 rings (SSSR count). The van der Waals surface area contributed by atoms with Gasteiger partial charge >= 0.3 is 0 Å². The van der Waals surface area contributed by atoms with Crippen molar-refractivity contribution in [3.05, 3.63) is 12.2 Å². The van der Waals surface area contributed by atoms with Gasteiger partial charge in [0.2, 0.25) is 0 Å². The van der Waals surface area contributed by atoms with Crippen molar-refractivity contribution in [2.24, 2.45) is 0 Å². The molecule has 1 heterocycles. The van der Waals surface area contributed by atoms with Gasteiger partial charge in [0.1, 0.15) is 12.2 Å². The van der Waals surface area contributed by atoms with Crippen LogP contribution in [0.25, 0.3) is 0 Å². The molecule has 0 radical (unpaired) electrons. The van der Waals surface area contributed by atoms with Crippen molar-refractivity contribution in [2.75, 3.05) is 13.7 Å². The largest absolute Gasteiger partial charge is 0.394 e. The fraction of sp³-hybridized carbons (Fsp3) is 0.714. The number of aliphatic hydroxyl groups excluding tert-OH is 2. The molecule has 0 amide bonds. The number of hydrogen-bond donors (Lipinski definition) is 2. The maximum absolute atomic E-state index is 9.15. The van der Waals surface area contributed by atoms with Crippen LogP contribution in [0.5, 0.6) is 0 Å². The Morgan fingerprint density at radius 3 is 2.82 bits per heavy atom. The zero-order valence-electron chi connectivity index (χ0n) is 6.30. The van der Waals surface area contributed by atoms with Crippen LogP contribution in [0.15, 0.2) is 12.2 Å². The molecular weight excluding hydrogens is 148 g/mol. The molecule has 0 fully saturated rings. The summed E-state index contributed by atoms with van der Waals surface area (Å²) in [6, 6.07) is 0. The first-order chi connectivity index (χ1) is 5.27. The molecule has 4 nitrogen and oxygen atoms in total. The first-order valence-electron chi connectivity index (χ1n) is 3.43. The smallest absolute Gasteiger partial charge is 0.177 e. The summed E-state index contributed by atoms with van der Waals surface area (Å²) in [5.41, 5.74) is 0. The lowest BCUT2D eigenvalue weighted by atomic mass is 10.1. The van der Waals surface area contributed by atoms with E-state index < -0.39 is 18.5 Å². The number of hydrogen-bond acceptors (Lipinski definition) is 4. The van der Waals surface area contributed by atoms with Crippen LogP contribution in [0.3, 0.4) is 0 Å². The van der Waals surface area contributed by atoms with Crippen molar-refractivity contribution >= 4 is 0 Å².